The summed E-state index contributed by atoms with van der Waals surface area (Å²) in [5, 5.41) is 8.72. The maximum absolute atomic E-state index is 8.72. The molecule has 2 rings (SSSR count). The molecule has 0 saturated heterocycles. The highest BCUT2D eigenvalue weighted by Crippen LogP contribution is 2.34. The number of nitrogens with two attached hydrogens (primary N) is 1. The number of nitrogens with zero attached hydrogens (tertiary/aromatic N) is 1. The van der Waals surface area contributed by atoms with Crippen molar-refractivity contribution < 1.29 is 0 Å². The van der Waals surface area contributed by atoms with Crippen molar-refractivity contribution in [1.82, 2.24) is 0 Å². The monoisotopic (exact) mass is 200 g/mol. The highest BCUT2D eigenvalue weighted by molar-refractivity contribution is 5.34. The third kappa shape index (κ3) is 2.03. The Labute approximate surface area is 90.7 Å². The largest absolute Gasteiger partial charge is 0.321 e. The van der Waals surface area contributed by atoms with E-state index >= 15 is 0 Å². The molecule has 2 N–H and O–H groups in total. The van der Waals surface area contributed by atoms with Gasteiger partial charge in [-0.25, -0.2) is 0 Å². The summed E-state index contributed by atoms with van der Waals surface area (Å²) >= 11 is 0. The summed E-state index contributed by atoms with van der Waals surface area (Å²) in [6, 6.07) is 9.86. The zero-order chi connectivity index (χ0) is 10.7. The van der Waals surface area contributed by atoms with Gasteiger partial charge in [-0.2, -0.15) is 5.26 Å². The highest BCUT2D eigenvalue weighted by Gasteiger charge is 2.28. The van der Waals surface area contributed by atoms with Gasteiger partial charge >= 0.3 is 0 Å². The van der Waals surface area contributed by atoms with Crippen LogP contribution >= 0.6 is 0 Å². The molecule has 2 nitrogen and oxygen atoms in total. The molecule has 0 spiro atoms. The first-order valence-corrected chi connectivity index (χ1v) is 5.54. The Morgan fingerprint density at radius 1 is 1.07 bits per heavy atom. The Kier molecular flexibility index (Phi) is 2.75. The van der Waals surface area contributed by atoms with Gasteiger partial charge in [0.25, 0.3) is 0 Å². The summed E-state index contributed by atoms with van der Waals surface area (Å²) < 4.78 is 0. The highest BCUT2D eigenvalue weighted by atomic mass is 14.7. The van der Waals surface area contributed by atoms with Crippen LogP contribution in [0, 0.1) is 11.3 Å². The van der Waals surface area contributed by atoms with Crippen LogP contribution < -0.4 is 5.73 Å². The average molecular weight is 200 g/mol. The van der Waals surface area contributed by atoms with Crippen molar-refractivity contribution in [3.8, 4) is 6.07 Å². The van der Waals surface area contributed by atoms with E-state index in [0.717, 1.165) is 12.8 Å². The number of hydrogen-bond acceptors (Lipinski definition) is 2. The van der Waals surface area contributed by atoms with E-state index in [2.05, 4.69) is 6.07 Å². The molecule has 1 aliphatic carbocycles. The van der Waals surface area contributed by atoms with E-state index in [1.807, 2.05) is 24.3 Å². The van der Waals surface area contributed by atoms with Crippen LogP contribution in [0.3, 0.4) is 0 Å². The molecule has 1 saturated carbocycles. The number of rotatable bonds is 1. The maximum Gasteiger partial charge on any atom is 0.0991 e. The predicted octanol–water partition coefficient (Wildman–Crippen LogP) is 2.68. The van der Waals surface area contributed by atoms with Crippen molar-refractivity contribution in [3.05, 3.63) is 35.4 Å². The van der Waals surface area contributed by atoms with Gasteiger partial charge in [-0.05, 0) is 30.5 Å². The van der Waals surface area contributed by atoms with Crippen molar-refractivity contribution in [1.29, 1.82) is 5.26 Å². The van der Waals surface area contributed by atoms with Crippen LogP contribution in [0.1, 0.15) is 43.2 Å². The SMILES string of the molecule is N#Cc1ccc(C2(N)CCCCC2)cc1. The van der Waals surface area contributed by atoms with Crippen molar-refractivity contribution in [2.75, 3.05) is 0 Å². The molecule has 1 aromatic carbocycles. The van der Waals surface area contributed by atoms with Crippen molar-refractivity contribution in [3.63, 3.8) is 0 Å². The van der Waals surface area contributed by atoms with Crippen LogP contribution in [-0.4, -0.2) is 0 Å². The molecule has 1 aliphatic rings. The van der Waals surface area contributed by atoms with Crippen molar-refractivity contribution in [2.45, 2.75) is 37.6 Å². The molecule has 78 valence electrons. The Morgan fingerprint density at radius 3 is 2.20 bits per heavy atom. The van der Waals surface area contributed by atoms with Gasteiger partial charge < -0.3 is 5.73 Å². The maximum atomic E-state index is 8.72. The van der Waals surface area contributed by atoms with Gasteiger partial charge in [0.1, 0.15) is 0 Å². The molecule has 0 bridgehead atoms. The minimum atomic E-state index is -0.147. The van der Waals surface area contributed by atoms with Gasteiger partial charge in [0.05, 0.1) is 11.6 Å². The van der Waals surface area contributed by atoms with Gasteiger partial charge in [0.2, 0.25) is 0 Å². The van der Waals surface area contributed by atoms with Gasteiger partial charge in [-0.1, -0.05) is 31.4 Å². The first kappa shape index (κ1) is 10.2. The van der Waals surface area contributed by atoms with Crippen LogP contribution in [-0.2, 0) is 5.54 Å². The lowest BCUT2D eigenvalue weighted by Gasteiger charge is -2.33. The summed E-state index contributed by atoms with van der Waals surface area (Å²) in [7, 11) is 0. The Bertz CT molecular complexity index is 367. The van der Waals surface area contributed by atoms with E-state index in [9.17, 15) is 0 Å². The fourth-order valence-electron chi connectivity index (χ4n) is 2.35. The first-order chi connectivity index (χ1) is 7.24. The summed E-state index contributed by atoms with van der Waals surface area (Å²) in [6.07, 6.45) is 5.88. The Morgan fingerprint density at radius 2 is 1.67 bits per heavy atom. The Hall–Kier alpha value is -1.33. The fraction of sp³-hybridized carbons (Fsp3) is 0.462. The molecular formula is C13H16N2. The summed E-state index contributed by atoms with van der Waals surface area (Å²) in [5.74, 6) is 0. The van der Waals surface area contributed by atoms with E-state index in [1.54, 1.807) is 0 Å². The van der Waals surface area contributed by atoms with Gasteiger partial charge in [0, 0.05) is 5.54 Å². The summed E-state index contributed by atoms with van der Waals surface area (Å²) in [5.41, 5.74) is 8.13. The molecule has 0 aliphatic heterocycles. The molecule has 1 aromatic rings. The van der Waals surface area contributed by atoms with Crippen molar-refractivity contribution >= 4 is 0 Å². The second-order valence-electron chi connectivity index (χ2n) is 4.41. The van der Waals surface area contributed by atoms with Crippen LogP contribution in [0.25, 0.3) is 0 Å². The lowest BCUT2D eigenvalue weighted by Crippen LogP contribution is -2.38. The van der Waals surface area contributed by atoms with Gasteiger partial charge in [0.15, 0.2) is 0 Å². The lowest BCUT2D eigenvalue weighted by atomic mass is 9.77. The topological polar surface area (TPSA) is 49.8 Å². The molecule has 0 aromatic heterocycles. The average Bonchev–Trinajstić information content (AvgIpc) is 2.30. The molecule has 15 heavy (non-hydrogen) atoms. The minimum absolute atomic E-state index is 0.147. The predicted molar refractivity (Wildman–Crippen MR) is 60.1 cm³/mol. The minimum Gasteiger partial charge on any atom is -0.321 e. The van der Waals surface area contributed by atoms with E-state index < -0.39 is 0 Å². The molecular weight excluding hydrogens is 184 g/mol. The quantitative estimate of drug-likeness (QED) is 0.757. The standard InChI is InChI=1S/C13H16N2/c14-10-11-4-6-12(7-5-11)13(15)8-2-1-3-9-13/h4-7H,1-3,8-9,15H2. The summed E-state index contributed by atoms with van der Waals surface area (Å²) in [6.45, 7) is 0. The Balaban J connectivity index is 2.24. The smallest absolute Gasteiger partial charge is 0.0991 e. The zero-order valence-electron chi connectivity index (χ0n) is 8.87. The molecule has 2 heteroatoms. The third-order valence-electron chi connectivity index (χ3n) is 3.33. The van der Waals surface area contributed by atoms with E-state index in [0.29, 0.717) is 5.56 Å². The molecule has 0 amide bonds. The first-order valence-electron chi connectivity index (χ1n) is 5.54. The molecule has 0 radical (unpaired) electrons. The van der Waals surface area contributed by atoms with E-state index in [4.69, 9.17) is 11.0 Å². The summed E-state index contributed by atoms with van der Waals surface area (Å²) in [4.78, 5) is 0. The van der Waals surface area contributed by atoms with E-state index in [1.165, 1.54) is 24.8 Å². The zero-order valence-corrected chi connectivity index (χ0v) is 8.87. The molecule has 0 unspecified atom stereocenters. The normalized spacial score (nSPS) is 19.5. The van der Waals surface area contributed by atoms with Crippen LogP contribution in [0.5, 0.6) is 0 Å². The van der Waals surface area contributed by atoms with Crippen LogP contribution in [0.15, 0.2) is 24.3 Å². The second kappa shape index (κ2) is 4.04. The number of hydrogen-bond donors (Lipinski definition) is 1. The molecule has 0 heterocycles. The van der Waals surface area contributed by atoms with Crippen LogP contribution in [0.4, 0.5) is 0 Å². The van der Waals surface area contributed by atoms with Gasteiger partial charge in [-0.15, -0.1) is 0 Å². The number of benzene rings is 1. The van der Waals surface area contributed by atoms with Crippen LogP contribution in [0.2, 0.25) is 0 Å². The molecule has 1 fully saturated rings. The second-order valence-corrected chi connectivity index (χ2v) is 4.41. The van der Waals surface area contributed by atoms with Gasteiger partial charge in [-0.3, -0.25) is 0 Å². The van der Waals surface area contributed by atoms with Crippen molar-refractivity contribution in [2.24, 2.45) is 5.73 Å². The number of nitriles is 1. The lowest BCUT2D eigenvalue weighted by molar-refractivity contribution is 0.302. The third-order valence-corrected chi connectivity index (χ3v) is 3.33. The van der Waals surface area contributed by atoms with E-state index in [-0.39, 0.29) is 5.54 Å². The fourth-order valence-corrected chi connectivity index (χ4v) is 2.35. The molecule has 0 atom stereocenters.